The van der Waals surface area contributed by atoms with Crippen molar-refractivity contribution in [2.24, 2.45) is 5.73 Å². The van der Waals surface area contributed by atoms with E-state index in [-0.39, 0.29) is 17.1 Å². The molecule has 0 radical (unpaired) electrons. The van der Waals surface area contributed by atoms with E-state index in [0.29, 0.717) is 5.56 Å². The van der Waals surface area contributed by atoms with Crippen molar-refractivity contribution >= 4 is 11.7 Å². The van der Waals surface area contributed by atoms with Crippen LogP contribution in [0.3, 0.4) is 0 Å². The number of tetrazole rings is 1. The van der Waals surface area contributed by atoms with Crippen LogP contribution in [0.15, 0.2) is 42.5 Å². The predicted molar refractivity (Wildman–Crippen MR) is 78.2 cm³/mol. The summed E-state index contributed by atoms with van der Waals surface area (Å²) in [5, 5.41) is 15.5. The zero-order chi connectivity index (χ0) is 15.5. The molecule has 1 heterocycles. The molecule has 0 aliphatic rings. The Morgan fingerprint density at radius 1 is 1.18 bits per heavy atom. The van der Waals surface area contributed by atoms with Gasteiger partial charge < -0.3 is 11.1 Å². The van der Waals surface area contributed by atoms with Crippen LogP contribution in [0.4, 0.5) is 14.9 Å². The van der Waals surface area contributed by atoms with Crippen LogP contribution in [-0.4, -0.2) is 26.7 Å². The van der Waals surface area contributed by atoms with Gasteiger partial charge in [-0.3, -0.25) is 0 Å². The summed E-state index contributed by atoms with van der Waals surface area (Å²) >= 11 is 0. The van der Waals surface area contributed by atoms with Gasteiger partial charge in [-0.1, -0.05) is 30.3 Å². The molecule has 0 aliphatic carbocycles. The van der Waals surface area contributed by atoms with E-state index in [9.17, 15) is 9.18 Å². The summed E-state index contributed by atoms with van der Waals surface area (Å²) in [6, 6.07) is 11.5. The number of aromatic nitrogens is 4. The Balaban J connectivity index is 2.19. The van der Waals surface area contributed by atoms with Crippen molar-refractivity contribution in [3.63, 3.8) is 0 Å². The molecule has 2 amide bonds. The van der Waals surface area contributed by atoms with E-state index in [4.69, 9.17) is 5.73 Å². The number of aromatic amines is 1. The standard InChI is InChI=1S/C14H11FN6O/c15-12-10(13-18-20-21-19-13)6-9(7-11(12)17-14(16)22)8-4-2-1-3-5-8/h1-7H,(H3,16,17,22)(H,18,19,20,21). The molecule has 7 nitrogen and oxygen atoms in total. The van der Waals surface area contributed by atoms with E-state index in [1.165, 1.54) is 6.07 Å². The Bertz CT molecular complexity index is 804. The van der Waals surface area contributed by atoms with Gasteiger partial charge in [-0.2, -0.15) is 5.21 Å². The van der Waals surface area contributed by atoms with Gasteiger partial charge in [0.1, 0.15) is 0 Å². The molecule has 0 saturated heterocycles. The highest BCUT2D eigenvalue weighted by molar-refractivity contribution is 5.90. The summed E-state index contributed by atoms with van der Waals surface area (Å²) in [7, 11) is 0. The number of hydrogen-bond acceptors (Lipinski definition) is 4. The summed E-state index contributed by atoms with van der Waals surface area (Å²) in [6.07, 6.45) is 0. The van der Waals surface area contributed by atoms with E-state index in [1.54, 1.807) is 6.07 Å². The Labute approximate surface area is 124 Å². The topological polar surface area (TPSA) is 110 Å². The number of H-pyrrole nitrogens is 1. The average Bonchev–Trinajstić information content (AvgIpc) is 3.04. The molecule has 0 unspecified atom stereocenters. The third-order valence-corrected chi connectivity index (χ3v) is 3.02. The molecule has 0 fully saturated rings. The van der Waals surface area contributed by atoms with Gasteiger partial charge >= 0.3 is 6.03 Å². The fraction of sp³-hybridized carbons (Fsp3) is 0. The Morgan fingerprint density at radius 3 is 2.59 bits per heavy atom. The number of nitrogens with zero attached hydrogens (tertiary/aromatic N) is 3. The van der Waals surface area contributed by atoms with Crippen LogP contribution < -0.4 is 11.1 Å². The SMILES string of the molecule is NC(=O)Nc1cc(-c2ccccc2)cc(-c2nn[nH]n2)c1F. The number of hydrogen-bond donors (Lipinski definition) is 3. The Hall–Kier alpha value is -3.29. The molecule has 22 heavy (non-hydrogen) atoms. The number of carbonyl (C=O) groups excluding carboxylic acids is 1. The second-order valence-corrected chi connectivity index (χ2v) is 4.48. The first-order valence-electron chi connectivity index (χ1n) is 6.34. The lowest BCUT2D eigenvalue weighted by atomic mass is 10.0. The van der Waals surface area contributed by atoms with Crippen molar-refractivity contribution < 1.29 is 9.18 Å². The second kappa shape index (κ2) is 5.60. The van der Waals surface area contributed by atoms with Gasteiger partial charge in [0.15, 0.2) is 5.82 Å². The molecule has 2 aromatic carbocycles. The second-order valence-electron chi connectivity index (χ2n) is 4.48. The van der Waals surface area contributed by atoms with Gasteiger partial charge in [-0.25, -0.2) is 9.18 Å². The van der Waals surface area contributed by atoms with Crippen molar-refractivity contribution in [1.82, 2.24) is 20.6 Å². The van der Waals surface area contributed by atoms with Gasteiger partial charge in [-0.15, -0.1) is 10.2 Å². The number of carbonyl (C=O) groups is 1. The molecule has 8 heteroatoms. The molecule has 0 bridgehead atoms. The van der Waals surface area contributed by atoms with Crippen LogP contribution in [0.1, 0.15) is 0 Å². The van der Waals surface area contributed by atoms with Crippen LogP contribution >= 0.6 is 0 Å². The lowest BCUT2D eigenvalue weighted by molar-refractivity contribution is 0.259. The highest BCUT2D eigenvalue weighted by Gasteiger charge is 2.17. The summed E-state index contributed by atoms with van der Waals surface area (Å²) in [6.45, 7) is 0. The number of primary amides is 1. The highest BCUT2D eigenvalue weighted by Crippen LogP contribution is 2.32. The van der Waals surface area contributed by atoms with E-state index in [2.05, 4.69) is 25.9 Å². The molecule has 110 valence electrons. The number of benzene rings is 2. The molecule has 3 rings (SSSR count). The minimum Gasteiger partial charge on any atom is -0.351 e. The van der Waals surface area contributed by atoms with Crippen LogP contribution in [0.25, 0.3) is 22.5 Å². The van der Waals surface area contributed by atoms with Gasteiger partial charge in [0.2, 0.25) is 5.82 Å². The Kier molecular flexibility index (Phi) is 3.48. The molecule has 0 spiro atoms. The number of rotatable bonds is 3. The molecular weight excluding hydrogens is 287 g/mol. The maximum Gasteiger partial charge on any atom is 0.316 e. The fourth-order valence-corrected chi connectivity index (χ4v) is 2.08. The van der Waals surface area contributed by atoms with Gasteiger partial charge in [0.25, 0.3) is 0 Å². The van der Waals surface area contributed by atoms with Crippen molar-refractivity contribution in [3.8, 4) is 22.5 Å². The predicted octanol–water partition coefficient (Wildman–Crippen LogP) is 2.16. The van der Waals surface area contributed by atoms with Gasteiger partial charge in [0.05, 0.1) is 11.3 Å². The summed E-state index contributed by atoms with van der Waals surface area (Å²) in [5.74, 6) is -0.595. The molecule has 4 N–H and O–H groups in total. The maximum absolute atomic E-state index is 14.5. The third-order valence-electron chi connectivity index (χ3n) is 3.02. The number of nitrogens with one attached hydrogen (secondary N) is 2. The lowest BCUT2D eigenvalue weighted by Gasteiger charge is -2.10. The minimum absolute atomic E-state index is 0.0475. The first-order chi connectivity index (χ1) is 10.6. The molecule has 1 aromatic heterocycles. The molecule has 3 aromatic rings. The molecule has 0 saturated carbocycles. The molecule has 0 atom stereocenters. The van der Waals surface area contributed by atoms with E-state index < -0.39 is 11.8 Å². The van der Waals surface area contributed by atoms with Crippen LogP contribution in [0, 0.1) is 5.82 Å². The monoisotopic (exact) mass is 298 g/mol. The van der Waals surface area contributed by atoms with Crippen molar-refractivity contribution in [3.05, 3.63) is 48.3 Å². The quantitative estimate of drug-likeness (QED) is 0.688. The highest BCUT2D eigenvalue weighted by atomic mass is 19.1. The smallest absolute Gasteiger partial charge is 0.316 e. The number of amides is 2. The van der Waals surface area contributed by atoms with Crippen LogP contribution in [0.5, 0.6) is 0 Å². The summed E-state index contributed by atoms with van der Waals surface area (Å²) in [5.41, 5.74) is 6.68. The van der Waals surface area contributed by atoms with Crippen LogP contribution in [0.2, 0.25) is 0 Å². The average molecular weight is 298 g/mol. The number of urea groups is 1. The Morgan fingerprint density at radius 2 is 1.95 bits per heavy atom. The van der Waals surface area contributed by atoms with Crippen molar-refractivity contribution in [2.45, 2.75) is 0 Å². The van der Waals surface area contributed by atoms with Crippen LogP contribution in [-0.2, 0) is 0 Å². The van der Waals surface area contributed by atoms with E-state index in [0.717, 1.165) is 5.56 Å². The third kappa shape index (κ3) is 2.62. The maximum atomic E-state index is 14.5. The minimum atomic E-state index is -0.858. The zero-order valence-electron chi connectivity index (χ0n) is 11.2. The number of nitrogens with two attached hydrogens (primary N) is 1. The van der Waals surface area contributed by atoms with Crippen molar-refractivity contribution in [1.29, 1.82) is 0 Å². The number of anilines is 1. The lowest BCUT2D eigenvalue weighted by Crippen LogP contribution is -2.20. The largest absolute Gasteiger partial charge is 0.351 e. The van der Waals surface area contributed by atoms with Gasteiger partial charge in [-0.05, 0) is 28.5 Å². The fourth-order valence-electron chi connectivity index (χ4n) is 2.08. The van der Waals surface area contributed by atoms with Gasteiger partial charge in [0, 0.05) is 0 Å². The van der Waals surface area contributed by atoms with E-state index >= 15 is 0 Å². The first kappa shape index (κ1) is 13.7. The number of halogens is 1. The molecular formula is C14H11FN6O. The zero-order valence-corrected chi connectivity index (χ0v) is 11.2. The van der Waals surface area contributed by atoms with Crippen molar-refractivity contribution in [2.75, 3.05) is 5.32 Å². The molecule has 0 aliphatic heterocycles. The van der Waals surface area contributed by atoms with E-state index in [1.807, 2.05) is 30.3 Å². The normalized spacial score (nSPS) is 10.4. The summed E-state index contributed by atoms with van der Waals surface area (Å²) in [4.78, 5) is 11.1. The first-order valence-corrected chi connectivity index (χ1v) is 6.34. The summed E-state index contributed by atoms with van der Waals surface area (Å²) < 4.78 is 14.5.